The standard InChI is InChI=1S/C20H16ClNO3S/c1-26-15-8-2-12(3-9-15)16-10-18(23)22(14-6-4-13(21)5-7-14)17-11-25-20(24)19(16)17/h2-9,16H,10-11H2,1H3. The number of carbonyl (C=O) groups excluding carboxylic acids is 2. The number of halogens is 1. The van der Waals surface area contributed by atoms with Gasteiger partial charge in [-0.3, -0.25) is 9.69 Å². The van der Waals surface area contributed by atoms with E-state index < -0.39 is 0 Å². The fraction of sp³-hybridized carbons (Fsp3) is 0.200. The van der Waals surface area contributed by atoms with E-state index in [4.69, 9.17) is 16.3 Å². The van der Waals surface area contributed by atoms with Gasteiger partial charge in [-0.25, -0.2) is 4.79 Å². The fourth-order valence-corrected chi connectivity index (χ4v) is 4.00. The van der Waals surface area contributed by atoms with E-state index in [1.165, 1.54) is 0 Å². The summed E-state index contributed by atoms with van der Waals surface area (Å²) in [6.45, 7) is 0.113. The third-order valence-electron chi connectivity index (χ3n) is 4.72. The molecule has 0 saturated carbocycles. The van der Waals surface area contributed by atoms with Crippen LogP contribution in [0.3, 0.4) is 0 Å². The number of carbonyl (C=O) groups is 2. The van der Waals surface area contributed by atoms with Crippen LogP contribution >= 0.6 is 23.4 Å². The SMILES string of the molecule is CSc1ccc(C2CC(=O)N(c3ccc(Cl)cc3)C3=C2C(=O)OC3)cc1. The number of cyclic esters (lactones) is 1. The third-order valence-corrected chi connectivity index (χ3v) is 5.72. The zero-order chi connectivity index (χ0) is 18.3. The first kappa shape index (κ1) is 17.2. The average molecular weight is 386 g/mol. The second-order valence-corrected chi connectivity index (χ2v) is 7.49. The molecule has 0 fully saturated rings. The normalized spacial score (nSPS) is 19.6. The number of rotatable bonds is 3. The summed E-state index contributed by atoms with van der Waals surface area (Å²) in [7, 11) is 0. The third kappa shape index (κ3) is 2.91. The molecular formula is C20H16ClNO3S. The number of amides is 1. The number of hydrogen-bond donors (Lipinski definition) is 0. The number of benzene rings is 2. The summed E-state index contributed by atoms with van der Waals surface area (Å²) in [5.74, 6) is -0.666. The highest BCUT2D eigenvalue weighted by Crippen LogP contribution is 2.42. The van der Waals surface area contributed by atoms with Crippen molar-refractivity contribution in [2.75, 3.05) is 17.8 Å². The van der Waals surface area contributed by atoms with Crippen LogP contribution < -0.4 is 4.90 Å². The van der Waals surface area contributed by atoms with Crippen molar-refractivity contribution in [3.63, 3.8) is 0 Å². The van der Waals surface area contributed by atoms with Crippen LogP contribution in [-0.4, -0.2) is 24.7 Å². The van der Waals surface area contributed by atoms with Gasteiger partial charge in [-0.15, -0.1) is 11.8 Å². The van der Waals surface area contributed by atoms with Gasteiger partial charge in [0.25, 0.3) is 0 Å². The molecule has 4 rings (SSSR count). The van der Waals surface area contributed by atoms with Crippen molar-refractivity contribution >= 4 is 40.9 Å². The molecule has 6 heteroatoms. The lowest BCUT2D eigenvalue weighted by Gasteiger charge is -2.32. The van der Waals surface area contributed by atoms with Crippen LogP contribution in [0.5, 0.6) is 0 Å². The van der Waals surface area contributed by atoms with Gasteiger partial charge in [0.2, 0.25) is 5.91 Å². The largest absolute Gasteiger partial charge is 0.456 e. The predicted molar refractivity (Wildman–Crippen MR) is 103 cm³/mol. The van der Waals surface area contributed by atoms with Gasteiger partial charge in [-0.2, -0.15) is 0 Å². The van der Waals surface area contributed by atoms with Crippen molar-refractivity contribution in [1.29, 1.82) is 0 Å². The lowest BCUT2D eigenvalue weighted by molar-refractivity contribution is -0.136. The Labute approximate surface area is 160 Å². The molecule has 2 aliphatic rings. The molecule has 4 nitrogen and oxygen atoms in total. The Hall–Kier alpha value is -2.24. The average Bonchev–Trinajstić information content (AvgIpc) is 3.04. The molecule has 2 aromatic carbocycles. The fourth-order valence-electron chi connectivity index (χ4n) is 3.46. The minimum absolute atomic E-state index is 0.0525. The Morgan fingerprint density at radius 2 is 1.77 bits per heavy atom. The predicted octanol–water partition coefficient (Wildman–Crippen LogP) is 4.39. The summed E-state index contributed by atoms with van der Waals surface area (Å²) in [5.41, 5.74) is 2.86. The van der Waals surface area contributed by atoms with E-state index in [1.807, 2.05) is 30.5 Å². The van der Waals surface area contributed by atoms with E-state index in [9.17, 15) is 9.59 Å². The molecule has 26 heavy (non-hydrogen) atoms. The van der Waals surface area contributed by atoms with Crippen molar-refractivity contribution in [1.82, 2.24) is 0 Å². The van der Waals surface area contributed by atoms with Gasteiger partial charge in [0, 0.05) is 27.9 Å². The van der Waals surface area contributed by atoms with Crippen LogP contribution in [0.15, 0.2) is 64.7 Å². The molecular weight excluding hydrogens is 370 g/mol. The van der Waals surface area contributed by atoms with E-state index in [-0.39, 0.29) is 30.8 Å². The van der Waals surface area contributed by atoms with E-state index in [0.29, 0.717) is 22.0 Å². The van der Waals surface area contributed by atoms with Crippen LogP contribution in [0, 0.1) is 0 Å². The Bertz CT molecular complexity index is 906. The number of thioether (sulfide) groups is 1. The Morgan fingerprint density at radius 1 is 1.08 bits per heavy atom. The lowest BCUT2D eigenvalue weighted by atomic mass is 9.84. The molecule has 0 N–H and O–H groups in total. The minimum Gasteiger partial charge on any atom is -0.456 e. The highest BCUT2D eigenvalue weighted by molar-refractivity contribution is 7.98. The molecule has 1 atom stereocenters. The van der Waals surface area contributed by atoms with Crippen molar-refractivity contribution in [2.45, 2.75) is 17.2 Å². The molecule has 2 heterocycles. The maximum absolute atomic E-state index is 12.9. The summed E-state index contributed by atoms with van der Waals surface area (Å²) < 4.78 is 5.28. The van der Waals surface area contributed by atoms with Gasteiger partial charge in [0.05, 0.1) is 11.3 Å². The van der Waals surface area contributed by atoms with Crippen molar-refractivity contribution in [3.8, 4) is 0 Å². The molecule has 0 aliphatic carbocycles. The maximum Gasteiger partial charge on any atom is 0.336 e. The van der Waals surface area contributed by atoms with Gasteiger partial charge in [-0.05, 0) is 48.2 Å². The molecule has 0 bridgehead atoms. The first-order chi connectivity index (χ1) is 12.6. The topological polar surface area (TPSA) is 46.6 Å². The highest BCUT2D eigenvalue weighted by atomic mass is 35.5. The van der Waals surface area contributed by atoms with Crippen molar-refractivity contribution < 1.29 is 14.3 Å². The van der Waals surface area contributed by atoms with E-state index in [1.54, 1.807) is 40.9 Å². The second kappa shape index (κ2) is 6.82. The van der Waals surface area contributed by atoms with Crippen LogP contribution in [0.25, 0.3) is 0 Å². The van der Waals surface area contributed by atoms with E-state index in [0.717, 1.165) is 10.5 Å². The van der Waals surface area contributed by atoms with Gasteiger partial charge in [0.1, 0.15) is 6.61 Å². The molecule has 0 saturated heterocycles. The summed E-state index contributed by atoms with van der Waals surface area (Å²) >= 11 is 7.61. The quantitative estimate of drug-likeness (QED) is 0.580. The van der Waals surface area contributed by atoms with Crippen molar-refractivity contribution in [2.24, 2.45) is 0 Å². The summed E-state index contributed by atoms with van der Waals surface area (Å²) in [6.07, 6.45) is 2.24. The summed E-state index contributed by atoms with van der Waals surface area (Å²) in [5, 5.41) is 0.595. The zero-order valence-electron chi connectivity index (χ0n) is 14.1. The maximum atomic E-state index is 12.9. The van der Waals surface area contributed by atoms with E-state index >= 15 is 0 Å². The molecule has 132 valence electrons. The molecule has 2 aliphatic heterocycles. The number of nitrogens with zero attached hydrogens (tertiary/aromatic N) is 1. The van der Waals surface area contributed by atoms with Crippen molar-refractivity contribution in [3.05, 3.63) is 70.4 Å². The second-order valence-electron chi connectivity index (χ2n) is 6.17. The molecule has 0 radical (unpaired) electrons. The van der Waals surface area contributed by atoms with Crippen LogP contribution in [0.4, 0.5) is 5.69 Å². The van der Waals surface area contributed by atoms with Gasteiger partial charge in [0.15, 0.2) is 0 Å². The number of anilines is 1. The molecule has 2 aromatic rings. The summed E-state index contributed by atoms with van der Waals surface area (Å²) in [4.78, 5) is 28.1. The van der Waals surface area contributed by atoms with Gasteiger partial charge in [-0.1, -0.05) is 23.7 Å². The van der Waals surface area contributed by atoms with Crippen LogP contribution in [0.1, 0.15) is 17.9 Å². The number of ether oxygens (including phenoxy) is 1. The zero-order valence-corrected chi connectivity index (χ0v) is 15.6. The monoisotopic (exact) mass is 385 g/mol. The molecule has 0 spiro atoms. The minimum atomic E-state index is -0.342. The first-order valence-electron chi connectivity index (χ1n) is 8.21. The van der Waals surface area contributed by atoms with Gasteiger partial charge < -0.3 is 4.74 Å². The number of hydrogen-bond acceptors (Lipinski definition) is 4. The Kier molecular flexibility index (Phi) is 4.51. The highest BCUT2D eigenvalue weighted by Gasteiger charge is 2.42. The number of esters is 1. The lowest BCUT2D eigenvalue weighted by Crippen LogP contribution is -2.37. The van der Waals surface area contributed by atoms with Crippen LogP contribution in [-0.2, 0) is 14.3 Å². The smallest absolute Gasteiger partial charge is 0.336 e. The van der Waals surface area contributed by atoms with Gasteiger partial charge >= 0.3 is 5.97 Å². The Morgan fingerprint density at radius 3 is 2.42 bits per heavy atom. The molecule has 0 aromatic heterocycles. The summed E-state index contributed by atoms with van der Waals surface area (Å²) in [6, 6.07) is 15.0. The van der Waals surface area contributed by atoms with Crippen LogP contribution in [0.2, 0.25) is 5.02 Å². The first-order valence-corrected chi connectivity index (χ1v) is 9.81. The molecule has 1 amide bonds. The molecule has 1 unspecified atom stereocenters. The Balaban J connectivity index is 1.78. The van der Waals surface area contributed by atoms with E-state index in [2.05, 4.69) is 0 Å².